The highest BCUT2D eigenvalue weighted by Crippen LogP contribution is 2.19. The zero-order valence-electron chi connectivity index (χ0n) is 12.0. The van der Waals surface area contributed by atoms with Gasteiger partial charge in [0, 0.05) is 6.54 Å². The molecule has 1 saturated heterocycles. The molecule has 18 heavy (non-hydrogen) atoms. The first-order chi connectivity index (χ1) is 8.58. The van der Waals surface area contributed by atoms with Crippen molar-refractivity contribution in [1.29, 1.82) is 0 Å². The molecule has 0 spiro atoms. The Bertz CT molecular complexity index is 300. The summed E-state index contributed by atoms with van der Waals surface area (Å²) in [6, 6.07) is -0.601. The van der Waals surface area contributed by atoms with Gasteiger partial charge in [-0.25, -0.2) is 0 Å². The predicted molar refractivity (Wildman–Crippen MR) is 72.1 cm³/mol. The Morgan fingerprint density at radius 3 is 2.17 bits per heavy atom. The molecule has 1 rings (SSSR count). The predicted octanol–water partition coefficient (Wildman–Crippen LogP) is 1.94. The van der Waals surface area contributed by atoms with Crippen LogP contribution in [0.25, 0.3) is 0 Å². The first kappa shape index (κ1) is 15.0. The maximum Gasteiger partial charge on any atom is 0.245 e. The first-order valence-electron chi connectivity index (χ1n) is 7.19. The summed E-state index contributed by atoms with van der Waals surface area (Å²) in [6.45, 7) is 8.89. The molecule has 1 aliphatic rings. The average molecular weight is 254 g/mol. The van der Waals surface area contributed by atoms with Crippen molar-refractivity contribution >= 4 is 11.8 Å². The van der Waals surface area contributed by atoms with Gasteiger partial charge in [0.15, 0.2) is 0 Å². The van der Waals surface area contributed by atoms with Gasteiger partial charge in [0.25, 0.3) is 0 Å². The number of rotatable bonds is 6. The third-order valence-electron chi connectivity index (χ3n) is 3.98. The van der Waals surface area contributed by atoms with E-state index in [9.17, 15) is 9.59 Å². The van der Waals surface area contributed by atoms with Gasteiger partial charge in [0.1, 0.15) is 12.1 Å². The van der Waals surface area contributed by atoms with E-state index in [2.05, 4.69) is 19.2 Å². The summed E-state index contributed by atoms with van der Waals surface area (Å²) in [4.78, 5) is 26.2. The van der Waals surface area contributed by atoms with Crippen molar-refractivity contribution in [2.45, 2.75) is 65.5 Å². The van der Waals surface area contributed by atoms with Crippen molar-refractivity contribution in [3.05, 3.63) is 0 Å². The Hall–Kier alpha value is -1.06. The van der Waals surface area contributed by atoms with Gasteiger partial charge in [-0.1, -0.05) is 40.5 Å². The summed E-state index contributed by atoms with van der Waals surface area (Å²) >= 11 is 0. The lowest BCUT2D eigenvalue weighted by atomic mass is 9.97. The molecular weight excluding hydrogens is 228 g/mol. The van der Waals surface area contributed by atoms with Crippen molar-refractivity contribution in [3.63, 3.8) is 0 Å². The minimum absolute atomic E-state index is 0.00917. The smallest absolute Gasteiger partial charge is 0.245 e. The van der Waals surface area contributed by atoms with E-state index in [0.717, 1.165) is 12.8 Å². The van der Waals surface area contributed by atoms with Gasteiger partial charge >= 0.3 is 0 Å². The molecule has 1 heterocycles. The Balaban J connectivity index is 2.86. The molecule has 2 unspecified atom stereocenters. The molecule has 4 nitrogen and oxygen atoms in total. The summed E-state index contributed by atoms with van der Waals surface area (Å²) in [5.41, 5.74) is 0. The zero-order valence-corrected chi connectivity index (χ0v) is 12.0. The minimum atomic E-state index is -0.324. The SMILES string of the molecule is CCC(CC)CN1C(=O)C(CC)NC(=O)C1CC. The number of carbonyl (C=O) groups excluding carboxylic acids is 2. The van der Waals surface area contributed by atoms with Crippen LogP contribution in [0.4, 0.5) is 0 Å². The fraction of sp³-hybridized carbons (Fsp3) is 0.857. The molecule has 0 saturated carbocycles. The quantitative estimate of drug-likeness (QED) is 0.787. The van der Waals surface area contributed by atoms with Crippen LogP contribution in [0.3, 0.4) is 0 Å². The summed E-state index contributed by atoms with van der Waals surface area (Å²) in [7, 11) is 0. The first-order valence-corrected chi connectivity index (χ1v) is 7.19. The van der Waals surface area contributed by atoms with Crippen LogP contribution in [-0.4, -0.2) is 35.3 Å². The highest BCUT2D eigenvalue weighted by Gasteiger charge is 2.39. The van der Waals surface area contributed by atoms with Crippen LogP contribution in [0.1, 0.15) is 53.4 Å². The van der Waals surface area contributed by atoms with Crippen molar-refractivity contribution in [2.75, 3.05) is 6.54 Å². The monoisotopic (exact) mass is 254 g/mol. The summed E-state index contributed by atoms with van der Waals surface area (Å²) in [5.74, 6) is 0.595. The standard InChI is InChI=1S/C14H26N2O2/c1-5-10(6-2)9-16-12(8-4)13(17)15-11(7-3)14(16)18/h10-12H,5-9H2,1-4H3,(H,15,17). The Morgan fingerprint density at radius 2 is 1.72 bits per heavy atom. The molecule has 0 radical (unpaired) electrons. The van der Waals surface area contributed by atoms with E-state index in [0.29, 0.717) is 25.3 Å². The average Bonchev–Trinajstić information content (AvgIpc) is 2.39. The number of piperazine rings is 1. The number of hydrogen-bond acceptors (Lipinski definition) is 2. The van der Waals surface area contributed by atoms with E-state index in [-0.39, 0.29) is 23.9 Å². The molecule has 1 fully saturated rings. The fourth-order valence-electron chi connectivity index (χ4n) is 2.55. The number of carbonyl (C=O) groups is 2. The van der Waals surface area contributed by atoms with E-state index in [1.54, 1.807) is 0 Å². The molecule has 2 amide bonds. The molecule has 0 bridgehead atoms. The van der Waals surface area contributed by atoms with Crippen LogP contribution in [0.2, 0.25) is 0 Å². The lowest BCUT2D eigenvalue weighted by Crippen LogP contribution is -2.63. The molecule has 0 aromatic rings. The highest BCUT2D eigenvalue weighted by atomic mass is 16.2. The maximum absolute atomic E-state index is 12.3. The molecular formula is C14H26N2O2. The van der Waals surface area contributed by atoms with E-state index in [1.165, 1.54) is 0 Å². The third-order valence-corrected chi connectivity index (χ3v) is 3.98. The molecule has 0 aromatic carbocycles. The summed E-state index contributed by atoms with van der Waals surface area (Å²) in [5, 5.41) is 2.83. The second-order valence-corrected chi connectivity index (χ2v) is 5.07. The lowest BCUT2D eigenvalue weighted by Gasteiger charge is -2.40. The van der Waals surface area contributed by atoms with E-state index in [1.807, 2.05) is 18.7 Å². The number of amides is 2. The van der Waals surface area contributed by atoms with Crippen molar-refractivity contribution in [3.8, 4) is 0 Å². The van der Waals surface area contributed by atoms with E-state index >= 15 is 0 Å². The van der Waals surface area contributed by atoms with Crippen LogP contribution < -0.4 is 5.32 Å². The van der Waals surface area contributed by atoms with Gasteiger partial charge in [-0.15, -0.1) is 0 Å². The molecule has 1 N–H and O–H groups in total. The Morgan fingerprint density at radius 1 is 1.11 bits per heavy atom. The van der Waals surface area contributed by atoms with Crippen LogP contribution in [0.15, 0.2) is 0 Å². The molecule has 0 aromatic heterocycles. The number of hydrogen-bond donors (Lipinski definition) is 1. The molecule has 1 aliphatic heterocycles. The van der Waals surface area contributed by atoms with Crippen LogP contribution in [0, 0.1) is 5.92 Å². The van der Waals surface area contributed by atoms with Crippen LogP contribution in [-0.2, 0) is 9.59 Å². The van der Waals surface area contributed by atoms with Gasteiger partial charge in [-0.2, -0.15) is 0 Å². The number of nitrogens with zero attached hydrogens (tertiary/aromatic N) is 1. The summed E-state index contributed by atoms with van der Waals surface area (Å²) in [6.07, 6.45) is 3.46. The van der Waals surface area contributed by atoms with Gasteiger partial charge in [-0.3, -0.25) is 9.59 Å². The van der Waals surface area contributed by atoms with Gasteiger partial charge in [0.2, 0.25) is 11.8 Å². The Labute approximate surface area is 110 Å². The summed E-state index contributed by atoms with van der Waals surface area (Å²) < 4.78 is 0. The van der Waals surface area contributed by atoms with E-state index < -0.39 is 0 Å². The molecule has 0 aliphatic carbocycles. The molecule has 2 atom stereocenters. The van der Waals surface area contributed by atoms with Crippen molar-refractivity contribution in [1.82, 2.24) is 10.2 Å². The fourth-order valence-corrected chi connectivity index (χ4v) is 2.55. The zero-order chi connectivity index (χ0) is 13.7. The normalized spacial score (nSPS) is 24.6. The largest absolute Gasteiger partial charge is 0.343 e. The maximum atomic E-state index is 12.3. The minimum Gasteiger partial charge on any atom is -0.343 e. The Kier molecular flexibility index (Phi) is 5.63. The van der Waals surface area contributed by atoms with Gasteiger partial charge in [-0.05, 0) is 18.8 Å². The second kappa shape index (κ2) is 6.76. The van der Waals surface area contributed by atoms with Gasteiger partial charge < -0.3 is 10.2 Å². The van der Waals surface area contributed by atoms with Crippen LogP contribution in [0.5, 0.6) is 0 Å². The molecule has 104 valence electrons. The second-order valence-electron chi connectivity index (χ2n) is 5.07. The molecule has 4 heteroatoms. The highest BCUT2D eigenvalue weighted by molar-refractivity contribution is 5.96. The topological polar surface area (TPSA) is 49.4 Å². The third kappa shape index (κ3) is 3.03. The lowest BCUT2D eigenvalue weighted by molar-refractivity contribution is -0.150. The van der Waals surface area contributed by atoms with Gasteiger partial charge in [0.05, 0.1) is 0 Å². The van der Waals surface area contributed by atoms with Crippen molar-refractivity contribution in [2.24, 2.45) is 5.92 Å². The van der Waals surface area contributed by atoms with Crippen LogP contribution >= 0.6 is 0 Å². The van der Waals surface area contributed by atoms with Crippen molar-refractivity contribution < 1.29 is 9.59 Å². The number of nitrogens with one attached hydrogen (secondary N) is 1. The van der Waals surface area contributed by atoms with E-state index in [4.69, 9.17) is 0 Å².